The van der Waals surface area contributed by atoms with Gasteiger partial charge in [0, 0.05) is 28.8 Å². The molecule has 2 aromatic heterocycles. The first kappa shape index (κ1) is 21.7. The van der Waals surface area contributed by atoms with Crippen molar-refractivity contribution in [1.82, 2.24) is 9.55 Å². The van der Waals surface area contributed by atoms with Gasteiger partial charge in [-0.15, -0.1) is 0 Å². The zero-order valence-corrected chi connectivity index (χ0v) is 19.5. The molecule has 168 valence electrons. The molecule has 4 heteroatoms. The van der Waals surface area contributed by atoms with Crippen LogP contribution in [0, 0.1) is 6.92 Å². The molecule has 0 unspecified atom stereocenters. The summed E-state index contributed by atoms with van der Waals surface area (Å²) in [6.07, 6.45) is 7.13. The largest absolute Gasteiger partial charge is 0.506 e. The Kier molecular flexibility index (Phi) is 5.09. The van der Waals surface area contributed by atoms with Crippen molar-refractivity contribution in [3.8, 4) is 5.69 Å². The molecule has 0 spiro atoms. The standard InChI is InChI=1S/C30H26N2O2/c1-19-10-5-7-13-25(19)30(3,4)20(2)16-23-28(33)27(29(23)34)24-18-32(21-11-9-15-31-17-21)26-14-8-6-12-22(24)26/h5-18,33H,2H2,1,3-4H3/b23-16-. The molecule has 2 heterocycles. The number of rotatable bonds is 5. The van der Waals surface area contributed by atoms with Gasteiger partial charge in [0.05, 0.1) is 28.5 Å². The van der Waals surface area contributed by atoms with Gasteiger partial charge in [-0.2, -0.15) is 0 Å². The Morgan fingerprint density at radius 1 is 1.06 bits per heavy atom. The summed E-state index contributed by atoms with van der Waals surface area (Å²) >= 11 is 0. The Hall–Kier alpha value is -4.18. The highest BCUT2D eigenvalue weighted by atomic mass is 16.3. The van der Waals surface area contributed by atoms with E-state index < -0.39 is 0 Å². The minimum Gasteiger partial charge on any atom is -0.506 e. The van der Waals surface area contributed by atoms with E-state index in [0.717, 1.165) is 33.3 Å². The summed E-state index contributed by atoms with van der Waals surface area (Å²) in [4.78, 5) is 17.5. The van der Waals surface area contributed by atoms with Crippen LogP contribution in [0.4, 0.5) is 0 Å². The van der Waals surface area contributed by atoms with Gasteiger partial charge >= 0.3 is 0 Å². The van der Waals surface area contributed by atoms with E-state index >= 15 is 0 Å². The number of carbonyl (C=O) groups excluding carboxylic acids is 1. The summed E-state index contributed by atoms with van der Waals surface area (Å²) in [6, 6.07) is 19.8. The maximum absolute atomic E-state index is 13.3. The molecule has 4 aromatic rings. The number of pyridine rings is 1. The van der Waals surface area contributed by atoms with Crippen LogP contribution in [-0.2, 0) is 10.2 Å². The zero-order valence-electron chi connectivity index (χ0n) is 19.5. The van der Waals surface area contributed by atoms with Gasteiger partial charge in [-0.3, -0.25) is 9.78 Å². The summed E-state index contributed by atoms with van der Waals surface area (Å²) < 4.78 is 1.99. The van der Waals surface area contributed by atoms with E-state index in [1.54, 1.807) is 18.5 Å². The number of aliphatic hydroxyl groups excluding tert-OH is 1. The van der Waals surface area contributed by atoms with Gasteiger partial charge in [0.15, 0.2) is 0 Å². The lowest BCUT2D eigenvalue weighted by atomic mass is 9.74. The second-order valence-corrected chi connectivity index (χ2v) is 9.22. The number of nitrogens with zero attached hydrogens (tertiary/aromatic N) is 2. The number of benzene rings is 2. The number of fused-ring (bicyclic) bond motifs is 1. The summed E-state index contributed by atoms with van der Waals surface area (Å²) in [5.41, 5.74) is 5.89. The topological polar surface area (TPSA) is 55.1 Å². The van der Waals surface area contributed by atoms with Gasteiger partial charge in [-0.1, -0.05) is 62.9 Å². The summed E-state index contributed by atoms with van der Waals surface area (Å²) in [7, 11) is 0. The molecule has 0 atom stereocenters. The maximum atomic E-state index is 13.3. The second-order valence-electron chi connectivity index (χ2n) is 9.22. The monoisotopic (exact) mass is 446 g/mol. The first-order valence-electron chi connectivity index (χ1n) is 11.3. The van der Waals surface area contributed by atoms with E-state index in [2.05, 4.69) is 44.5 Å². The number of hydrogen-bond acceptors (Lipinski definition) is 3. The fourth-order valence-electron chi connectivity index (χ4n) is 4.70. The third-order valence-corrected chi connectivity index (χ3v) is 6.81. The zero-order chi connectivity index (χ0) is 24.0. The van der Waals surface area contributed by atoms with Crippen molar-refractivity contribution in [2.45, 2.75) is 26.2 Å². The van der Waals surface area contributed by atoms with Gasteiger partial charge < -0.3 is 9.67 Å². The molecule has 0 saturated carbocycles. The van der Waals surface area contributed by atoms with E-state index in [0.29, 0.717) is 16.7 Å². The van der Waals surface area contributed by atoms with Crippen LogP contribution < -0.4 is 0 Å². The van der Waals surface area contributed by atoms with Crippen molar-refractivity contribution in [1.29, 1.82) is 0 Å². The Morgan fingerprint density at radius 2 is 1.79 bits per heavy atom. The van der Waals surface area contributed by atoms with E-state index in [1.165, 1.54) is 0 Å². The lowest BCUT2D eigenvalue weighted by molar-refractivity contribution is -0.111. The van der Waals surface area contributed by atoms with Crippen molar-refractivity contribution in [2.75, 3.05) is 0 Å². The number of aromatic nitrogens is 2. The van der Waals surface area contributed by atoms with Crippen LogP contribution in [0.2, 0.25) is 0 Å². The highest BCUT2D eigenvalue weighted by Gasteiger charge is 2.37. The molecular formula is C30H26N2O2. The smallest absolute Gasteiger partial charge is 0.201 e. The van der Waals surface area contributed by atoms with E-state index in [-0.39, 0.29) is 17.0 Å². The summed E-state index contributed by atoms with van der Waals surface area (Å²) in [5.74, 6) is -0.158. The van der Waals surface area contributed by atoms with Gasteiger partial charge in [-0.25, -0.2) is 0 Å². The highest BCUT2D eigenvalue weighted by Crippen LogP contribution is 2.42. The average molecular weight is 447 g/mol. The minimum absolute atomic E-state index is 0.0147. The Morgan fingerprint density at radius 3 is 2.50 bits per heavy atom. The molecule has 1 N–H and O–H groups in total. The van der Waals surface area contributed by atoms with Crippen molar-refractivity contribution in [2.24, 2.45) is 0 Å². The molecule has 4 nitrogen and oxygen atoms in total. The molecular weight excluding hydrogens is 420 g/mol. The van der Waals surface area contributed by atoms with Crippen LogP contribution in [0.3, 0.4) is 0 Å². The number of hydrogen-bond donors (Lipinski definition) is 1. The third kappa shape index (κ3) is 3.30. The normalized spacial score (nSPS) is 15.1. The fourth-order valence-corrected chi connectivity index (χ4v) is 4.70. The molecule has 0 aliphatic heterocycles. The second kappa shape index (κ2) is 7.99. The van der Waals surface area contributed by atoms with Crippen LogP contribution in [0.25, 0.3) is 22.2 Å². The number of allylic oxidation sites excluding steroid dienone is 4. The van der Waals surface area contributed by atoms with Gasteiger partial charge in [-0.05, 0) is 47.9 Å². The molecule has 1 aliphatic rings. The number of aryl methyl sites for hydroxylation is 1. The van der Waals surface area contributed by atoms with Crippen molar-refractivity contribution in [3.63, 3.8) is 0 Å². The van der Waals surface area contributed by atoms with Crippen molar-refractivity contribution >= 4 is 22.3 Å². The van der Waals surface area contributed by atoms with E-state index in [9.17, 15) is 9.90 Å². The highest BCUT2D eigenvalue weighted by molar-refractivity contribution is 6.40. The first-order valence-corrected chi connectivity index (χ1v) is 11.3. The number of ketones is 1. The SMILES string of the molecule is C=C(/C=C1\C(=O)C(c2cn(-c3cccnc3)c3ccccc23)=C1O)C(C)(C)c1ccccc1C. The van der Waals surface area contributed by atoms with Crippen LogP contribution in [0.1, 0.15) is 30.5 Å². The van der Waals surface area contributed by atoms with Gasteiger partial charge in [0.25, 0.3) is 0 Å². The maximum Gasteiger partial charge on any atom is 0.201 e. The number of aliphatic hydroxyl groups is 1. The minimum atomic E-state index is -0.384. The van der Waals surface area contributed by atoms with E-state index in [4.69, 9.17) is 0 Å². The van der Waals surface area contributed by atoms with Crippen LogP contribution in [0.5, 0.6) is 0 Å². The summed E-state index contributed by atoms with van der Waals surface area (Å²) in [5, 5.41) is 11.9. The Balaban J connectivity index is 1.57. The summed E-state index contributed by atoms with van der Waals surface area (Å²) in [6.45, 7) is 10.5. The molecule has 34 heavy (non-hydrogen) atoms. The van der Waals surface area contributed by atoms with E-state index in [1.807, 2.05) is 59.3 Å². The molecule has 0 fully saturated rings. The molecule has 5 rings (SSSR count). The molecule has 1 aliphatic carbocycles. The number of carbonyl (C=O) groups is 1. The fraction of sp³-hybridized carbons (Fsp3) is 0.133. The van der Waals surface area contributed by atoms with Crippen molar-refractivity contribution in [3.05, 3.63) is 126 Å². The third-order valence-electron chi connectivity index (χ3n) is 6.81. The molecule has 2 aromatic carbocycles. The van der Waals surface area contributed by atoms with Crippen LogP contribution in [0.15, 0.2) is 109 Å². The molecule has 0 bridgehead atoms. The average Bonchev–Trinajstić information content (AvgIpc) is 3.22. The lowest BCUT2D eigenvalue weighted by Gasteiger charge is -2.30. The first-order chi connectivity index (χ1) is 16.3. The van der Waals surface area contributed by atoms with Gasteiger partial charge in [0.1, 0.15) is 5.76 Å². The molecule has 0 radical (unpaired) electrons. The van der Waals surface area contributed by atoms with Crippen LogP contribution >= 0.6 is 0 Å². The van der Waals surface area contributed by atoms with Gasteiger partial charge in [0.2, 0.25) is 5.78 Å². The predicted octanol–water partition coefficient (Wildman–Crippen LogP) is 6.65. The molecule has 0 amide bonds. The number of para-hydroxylation sites is 1. The predicted molar refractivity (Wildman–Crippen MR) is 137 cm³/mol. The Labute approximate surface area is 199 Å². The number of Topliss-reactive ketones (excluding diaryl/α,β-unsaturated/α-hetero) is 1. The van der Waals surface area contributed by atoms with Crippen molar-refractivity contribution < 1.29 is 9.90 Å². The lowest BCUT2D eigenvalue weighted by Crippen LogP contribution is -2.24. The molecule has 0 saturated heterocycles. The van der Waals surface area contributed by atoms with Crippen LogP contribution in [-0.4, -0.2) is 20.4 Å². The Bertz CT molecular complexity index is 1520. The quantitative estimate of drug-likeness (QED) is 0.349.